The van der Waals surface area contributed by atoms with E-state index < -0.39 is 11.2 Å². The molecule has 12 heteroatoms. The molecule has 2 fully saturated rings. The second-order valence-corrected chi connectivity index (χ2v) is 13.2. The summed E-state index contributed by atoms with van der Waals surface area (Å²) in [5.41, 5.74) is 3.12. The molecule has 6 rings (SSSR count). The Labute approximate surface area is 266 Å². The van der Waals surface area contributed by atoms with Gasteiger partial charge in [0.25, 0.3) is 0 Å². The van der Waals surface area contributed by atoms with Gasteiger partial charge in [0.1, 0.15) is 23.1 Å². The predicted molar refractivity (Wildman–Crippen MR) is 172 cm³/mol. The smallest absolute Gasteiger partial charge is 0.149 e. The lowest BCUT2D eigenvalue weighted by atomic mass is 9.77. The van der Waals surface area contributed by atoms with Crippen LogP contribution in [0.1, 0.15) is 50.7 Å². The molecule has 0 aliphatic heterocycles. The number of phenols is 2. The van der Waals surface area contributed by atoms with E-state index in [4.69, 9.17) is 23.2 Å². The van der Waals surface area contributed by atoms with Gasteiger partial charge in [-0.1, -0.05) is 23.2 Å². The fourth-order valence-corrected chi connectivity index (χ4v) is 6.01. The largest absolute Gasteiger partial charge is 0.507 e. The molecule has 0 spiro atoms. The summed E-state index contributed by atoms with van der Waals surface area (Å²) in [6.07, 6.45) is 2.81. The lowest BCUT2D eigenvalue weighted by molar-refractivity contribution is -0.0241. The molecule has 4 aromatic rings. The van der Waals surface area contributed by atoms with E-state index in [0.29, 0.717) is 69.9 Å². The molecule has 0 unspecified atom stereocenters. The van der Waals surface area contributed by atoms with Crippen molar-refractivity contribution >= 4 is 34.8 Å². The molecule has 0 saturated heterocycles. The zero-order valence-electron chi connectivity index (χ0n) is 24.9. The van der Waals surface area contributed by atoms with Crippen LogP contribution < -0.4 is 10.6 Å². The van der Waals surface area contributed by atoms with E-state index in [0.717, 1.165) is 11.1 Å². The van der Waals surface area contributed by atoms with E-state index in [1.165, 1.54) is 12.1 Å². The monoisotopic (exact) mass is 638 g/mol. The van der Waals surface area contributed by atoms with Crippen LogP contribution in [-0.2, 0) is 0 Å². The molecule has 0 atom stereocenters. The molecule has 0 amide bonds. The normalized spacial score (nSPS) is 23.9. The van der Waals surface area contributed by atoms with Gasteiger partial charge in [0, 0.05) is 33.3 Å². The number of hydrogen-bond donors (Lipinski definition) is 6. The zero-order chi connectivity index (χ0) is 31.8. The Morgan fingerprint density at radius 1 is 0.636 bits per heavy atom. The number of halogens is 2. The van der Waals surface area contributed by atoms with Crippen LogP contribution in [0.5, 0.6) is 11.5 Å². The lowest BCUT2D eigenvalue weighted by Crippen LogP contribution is -2.48. The zero-order valence-corrected chi connectivity index (χ0v) is 26.4. The van der Waals surface area contributed by atoms with Crippen LogP contribution in [-0.4, -0.2) is 64.1 Å². The fourth-order valence-electron chi connectivity index (χ4n) is 5.68. The van der Waals surface area contributed by atoms with Crippen LogP contribution in [0.4, 0.5) is 11.6 Å². The highest BCUT2D eigenvalue weighted by Gasteiger charge is 2.39. The number of aromatic hydroxyl groups is 2. The third-order valence-electron chi connectivity index (χ3n) is 7.85. The van der Waals surface area contributed by atoms with E-state index in [1.807, 2.05) is 39.8 Å². The van der Waals surface area contributed by atoms with E-state index in [-0.39, 0.29) is 23.6 Å². The third kappa shape index (κ3) is 7.50. The van der Waals surface area contributed by atoms with Crippen LogP contribution in [0, 0.1) is 13.8 Å². The van der Waals surface area contributed by atoms with Crippen molar-refractivity contribution in [2.24, 2.45) is 0 Å². The summed E-state index contributed by atoms with van der Waals surface area (Å²) >= 11 is 11.7. The SMILES string of the molecule is Cc1cc(N[C@H]2C[C@@](C)(O)C2)nnc1-c1ccc(Cl)cc1O.Cc1cc(N[C@H]2C[C@](C)(O)C2)nnc1-c1ccc(Cl)cc1O. The molecular weight excluding hydrogens is 603 g/mol. The Bertz CT molecular complexity index is 1540. The van der Waals surface area contributed by atoms with Crippen molar-refractivity contribution in [3.63, 3.8) is 0 Å². The number of nitrogens with zero attached hydrogens (tertiary/aromatic N) is 4. The minimum absolute atomic E-state index is 0.0839. The van der Waals surface area contributed by atoms with Crippen molar-refractivity contribution in [2.45, 2.75) is 76.7 Å². The molecule has 0 bridgehead atoms. The van der Waals surface area contributed by atoms with Crippen LogP contribution in [0.15, 0.2) is 48.5 Å². The van der Waals surface area contributed by atoms with Crippen molar-refractivity contribution < 1.29 is 20.4 Å². The van der Waals surface area contributed by atoms with Crippen molar-refractivity contribution in [3.05, 3.63) is 69.7 Å². The van der Waals surface area contributed by atoms with Gasteiger partial charge in [-0.15, -0.1) is 20.4 Å². The molecule has 6 N–H and O–H groups in total. The van der Waals surface area contributed by atoms with Gasteiger partial charge in [-0.2, -0.15) is 0 Å². The molecule has 0 radical (unpaired) electrons. The number of nitrogens with one attached hydrogen (secondary N) is 2. The van der Waals surface area contributed by atoms with E-state index in [1.54, 1.807) is 24.3 Å². The Morgan fingerprint density at radius 2 is 1.00 bits per heavy atom. The first-order valence-corrected chi connectivity index (χ1v) is 15.1. The van der Waals surface area contributed by atoms with Crippen molar-refractivity contribution in [1.82, 2.24) is 20.4 Å². The third-order valence-corrected chi connectivity index (χ3v) is 8.32. The van der Waals surface area contributed by atoms with Gasteiger partial charge in [0.15, 0.2) is 0 Å². The number of benzene rings is 2. The van der Waals surface area contributed by atoms with E-state index in [2.05, 4.69) is 31.0 Å². The molecule has 2 heterocycles. The summed E-state index contributed by atoms with van der Waals surface area (Å²) in [6.45, 7) is 7.49. The maximum absolute atomic E-state index is 9.99. The number of hydrogen-bond acceptors (Lipinski definition) is 10. The Balaban J connectivity index is 0.000000175. The number of aryl methyl sites for hydroxylation is 2. The molecule has 232 valence electrons. The predicted octanol–water partition coefficient (Wildman–Crippen LogP) is 6.27. The van der Waals surface area contributed by atoms with Crippen LogP contribution in [0.2, 0.25) is 10.0 Å². The number of phenolic OH excluding ortho intramolecular Hbond substituents is 2. The Morgan fingerprint density at radius 3 is 1.30 bits per heavy atom. The van der Waals surface area contributed by atoms with Gasteiger partial charge in [0.05, 0.1) is 22.6 Å². The maximum atomic E-state index is 9.99. The average Bonchev–Trinajstić information content (AvgIpc) is 2.88. The molecule has 2 aliphatic carbocycles. The first kappa shape index (κ1) is 31.7. The molecule has 2 aromatic carbocycles. The molecule has 2 saturated carbocycles. The van der Waals surface area contributed by atoms with E-state index in [9.17, 15) is 20.4 Å². The minimum atomic E-state index is -0.574. The summed E-state index contributed by atoms with van der Waals surface area (Å²) < 4.78 is 0. The summed E-state index contributed by atoms with van der Waals surface area (Å²) in [5.74, 6) is 1.52. The van der Waals surface area contributed by atoms with Crippen LogP contribution in [0.25, 0.3) is 22.5 Å². The lowest BCUT2D eigenvalue weighted by Gasteiger charge is -2.41. The number of aliphatic hydroxyl groups is 2. The average molecular weight is 640 g/mol. The highest BCUT2D eigenvalue weighted by molar-refractivity contribution is 6.31. The van der Waals surface area contributed by atoms with Gasteiger partial charge in [-0.05, 0) is 113 Å². The highest BCUT2D eigenvalue weighted by atomic mass is 35.5. The van der Waals surface area contributed by atoms with Crippen LogP contribution in [0.3, 0.4) is 0 Å². The summed E-state index contributed by atoms with van der Waals surface area (Å²) in [5, 5.41) is 63.7. The van der Waals surface area contributed by atoms with Crippen LogP contribution >= 0.6 is 23.2 Å². The van der Waals surface area contributed by atoms with Gasteiger partial charge in [0.2, 0.25) is 0 Å². The van der Waals surface area contributed by atoms with Gasteiger partial charge >= 0.3 is 0 Å². The summed E-state index contributed by atoms with van der Waals surface area (Å²) in [4.78, 5) is 0. The second kappa shape index (κ2) is 12.4. The Hall–Kier alpha value is -3.70. The number of aromatic nitrogens is 4. The highest BCUT2D eigenvalue weighted by Crippen LogP contribution is 2.37. The molecular formula is C32H36Cl2N6O4. The summed E-state index contributed by atoms with van der Waals surface area (Å²) in [6, 6.07) is 14.1. The first-order valence-electron chi connectivity index (χ1n) is 14.3. The quantitative estimate of drug-likeness (QED) is 0.142. The number of anilines is 2. The van der Waals surface area contributed by atoms with E-state index >= 15 is 0 Å². The summed E-state index contributed by atoms with van der Waals surface area (Å²) in [7, 11) is 0. The van der Waals surface area contributed by atoms with Crippen molar-refractivity contribution in [3.8, 4) is 34.0 Å². The standard InChI is InChI=1S/2C16H18ClN3O2/c2*1-9-5-14(18-11-7-16(2,22)8-11)19-20-15(9)12-4-3-10(17)6-13(12)21/h2*3-6,11,21-22H,7-8H2,1-2H3,(H,18,19)/t11-,16+;11-,16-. The second-order valence-electron chi connectivity index (χ2n) is 12.3. The maximum Gasteiger partial charge on any atom is 0.149 e. The molecule has 2 aliphatic rings. The van der Waals surface area contributed by atoms with Crippen molar-refractivity contribution in [1.29, 1.82) is 0 Å². The molecule has 10 nitrogen and oxygen atoms in total. The first-order chi connectivity index (χ1) is 20.7. The van der Waals surface area contributed by atoms with Gasteiger partial charge < -0.3 is 31.1 Å². The van der Waals surface area contributed by atoms with Gasteiger partial charge in [-0.3, -0.25) is 0 Å². The topological polar surface area (TPSA) is 157 Å². The minimum Gasteiger partial charge on any atom is -0.507 e. The number of rotatable bonds is 6. The molecule has 2 aromatic heterocycles. The fraction of sp³-hybridized carbons (Fsp3) is 0.375. The van der Waals surface area contributed by atoms with Crippen molar-refractivity contribution in [2.75, 3.05) is 10.6 Å². The Kier molecular flexibility index (Phi) is 8.91. The molecule has 44 heavy (non-hydrogen) atoms. The van der Waals surface area contributed by atoms with Gasteiger partial charge in [-0.25, -0.2) is 0 Å².